The van der Waals surface area contributed by atoms with Crippen LogP contribution >= 0.6 is 11.6 Å². The first kappa shape index (κ1) is 11.1. The minimum Gasteiger partial charge on any atom is -0.264 e. The minimum atomic E-state index is -0.551. The highest BCUT2D eigenvalue weighted by Crippen LogP contribution is 2.34. The van der Waals surface area contributed by atoms with Crippen LogP contribution in [-0.2, 0) is 0 Å². The summed E-state index contributed by atoms with van der Waals surface area (Å²) >= 11 is 6.08. The second-order valence-corrected chi connectivity index (χ2v) is 4.33. The third-order valence-corrected chi connectivity index (χ3v) is 3.32. The molecule has 0 heterocycles. The van der Waals surface area contributed by atoms with E-state index >= 15 is 0 Å². The molecule has 0 radical (unpaired) electrons. The van der Waals surface area contributed by atoms with Gasteiger partial charge in [-0.1, -0.05) is 42.0 Å². The van der Waals surface area contributed by atoms with E-state index in [1.807, 2.05) is 30.4 Å². The average molecular weight is 238 g/mol. The number of nitro groups is 1. The second-order valence-electron chi connectivity index (χ2n) is 3.92. The molecule has 0 bridgehead atoms. The molecule has 0 aliphatic heterocycles. The lowest BCUT2D eigenvalue weighted by Gasteiger charge is -2.23. The van der Waals surface area contributed by atoms with Gasteiger partial charge in [-0.3, -0.25) is 10.1 Å². The molecule has 1 aliphatic rings. The molecule has 0 aromatic heterocycles. The van der Waals surface area contributed by atoms with Crippen LogP contribution in [0.4, 0.5) is 0 Å². The zero-order valence-electron chi connectivity index (χ0n) is 8.67. The molecular weight excluding hydrogens is 226 g/mol. The monoisotopic (exact) mass is 237 g/mol. The SMILES string of the molecule is O=[N+]([O-])C1CC=CCC1c1ccccc1Cl. The Morgan fingerprint density at radius 1 is 1.25 bits per heavy atom. The number of nitrogens with zero attached hydrogens (tertiary/aromatic N) is 1. The van der Waals surface area contributed by atoms with Crippen molar-refractivity contribution < 1.29 is 4.92 Å². The highest BCUT2D eigenvalue weighted by molar-refractivity contribution is 6.31. The van der Waals surface area contributed by atoms with E-state index in [0.717, 1.165) is 5.56 Å². The molecule has 2 atom stereocenters. The summed E-state index contributed by atoms with van der Waals surface area (Å²) in [5.41, 5.74) is 0.884. The van der Waals surface area contributed by atoms with E-state index in [1.165, 1.54) is 0 Å². The zero-order valence-corrected chi connectivity index (χ0v) is 9.43. The second kappa shape index (κ2) is 4.66. The van der Waals surface area contributed by atoms with E-state index in [1.54, 1.807) is 6.07 Å². The molecule has 16 heavy (non-hydrogen) atoms. The fourth-order valence-corrected chi connectivity index (χ4v) is 2.42. The molecule has 3 nitrogen and oxygen atoms in total. The van der Waals surface area contributed by atoms with E-state index < -0.39 is 6.04 Å². The van der Waals surface area contributed by atoms with Gasteiger partial charge in [-0.15, -0.1) is 0 Å². The van der Waals surface area contributed by atoms with Gasteiger partial charge in [-0.25, -0.2) is 0 Å². The lowest BCUT2D eigenvalue weighted by molar-refractivity contribution is -0.526. The van der Waals surface area contributed by atoms with E-state index in [-0.39, 0.29) is 10.8 Å². The first-order valence-electron chi connectivity index (χ1n) is 5.23. The Bertz CT molecular complexity index is 431. The summed E-state index contributed by atoms with van der Waals surface area (Å²) < 4.78 is 0. The third kappa shape index (κ3) is 2.09. The predicted molar refractivity (Wildman–Crippen MR) is 63.3 cm³/mol. The minimum absolute atomic E-state index is 0.103. The standard InChI is InChI=1S/C12H12ClNO2/c13-11-7-3-1-5-9(11)10-6-2-4-8-12(10)14(15)16/h1-5,7,10,12H,6,8H2. The number of hydrogen-bond acceptors (Lipinski definition) is 2. The van der Waals surface area contributed by atoms with E-state index in [4.69, 9.17) is 11.6 Å². The maximum atomic E-state index is 11.0. The normalized spacial score (nSPS) is 24.3. The summed E-state index contributed by atoms with van der Waals surface area (Å²) in [6.07, 6.45) is 5.05. The van der Waals surface area contributed by atoms with Crippen LogP contribution < -0.4 is 0 Å². The van der Waals surface area contributed by atoms with Crippen molar-refractivity contribution >= 4 is 11.6 Å². The van der Waals surface area contributed by atoms with Crippen molar-refractivity contribution in [3.05, 3.63) is 57.1 Å². The highest BCUT2D eigenvalue weighted by atomic mass is 35.5. The lowest BCUT2D eigenvalue weighted by atomic mass is 9.84. The van der Waals surface area contributed by atoms with Crippen LogP contribution in [0.2, 0.25) is 5.02 Å². The summed E-state index contributed by atoms with van der Waals surface area (Å²) in [7, 11) is 0. The van der Waals surface area contributed by atoms with E-state index in [0.29, 0.717) is 17.9 Å². The summed E-state index contributed by atoms with van der Waals surface area (Å²) in [6, 6.07) is 6.82. The fraction of sp³-hybridized carbons (Fsp3) is 0.333. The van der Waals surface area contributed by atoms with Crippen LogP contribution in [0.5, 0.6) is 0 Å². The van der Waals surface area contributed by atoms with Crippen molar-refractivity contribution in [2.24, 2.45) is 0 Å². The average Bonchev–Trinajstić information content (AvgIpc) is 2.29. The van der Waals surface area contributed by atoms with Crippen molar-refractivity contribution in [2.45, 2.75) is 24.8 Å². The van der Waals surface area contributed by atoms with Crippen molar-refractivity contribution in [1.82, 2.24) is 0 Å². The number of halogens is 1. The number of allylic oxidation sites excluding steroid dienone is 1. The summed E-state index contributed by atoms with van der Waals surface area (Å²) in [4.78, 5) is 10.8. The lowest BCUT2D eigenvalue weighted by Crippen LogP contribution is -2.28. The summed E-state index contributed by atoms with van der Waals surface area (Å²) in [5.74, 6) is -0.103. The van der Waals surface area contributed by atoms with Crippen LogP contribution in [0.15, 0.2) is 36.4 Å². The molecule has 0 N–H and O–H groups in total. The van der Waals surface area contributed by atoms with Crippen LogP contribution in [0.3, 0.4) is 0 Å². The molecule has 2 rings (SSSR count). The van der Waals surface area contributed by atoms with Gasteiger partial charge in [0, 0.05) is 16.4 Å². The van der Waals surface area contributed by atoms with E-state index in [2.05, 4.69) is 0 Å². The molecule has 84 valence electrons. The molecule has 0 saturated heterocycles. The van der Waals surface area contributed by atoms with Gasteiger partial charge in [0.1, 0.15) is 0 Å². The first-order chi connectivity index (χ1) is 7.70. The van der Waals surface area contributed by atoms with Crippen molar-refractivity contribution in [3.8, 4) is 0 Å². The molecule has 1 aromatic carbocycles. The maximum absolute atomic E-state index is 11.0. The van der Waals surface area contributed by atoms with Gasteiger partial charge in [-0.05, 0) is 18.1 Å². The summed E-state index contributed by atoms with van der Waals surface area (Å²) in [6.45, 7) is 0. The quantitative estimate of drug-likeness (QED) is 0.449. The maximum Gasteiger partial charge on any atom is 0.223 e. The number of hydrogen-bond donors (Lipinski definition) is 0. The molecule has 4 heteroatoms. The topological polar surface area (TPSA) is 43.1 Å². The van der Waals surface area contributed by atoms with Crippen molar-refractivity contribution in [2.75, 3.05) is 0 Å². The molecule has 2 unspecified atom stereocenters. The molecular formula is C12H12ClNO2. The molecule has 0 amide bonds. The Hall–Kier alpha value is -1.35. The van der Waals surface area contributed by atoms with Crippen molar-refractivity contribution in [1.29, 1.82) is 0 Å². The van der Waals surface area contributed by atoms with E-state index in [9.17, 15) is 10.1 Å². The molecule has 0 fully saturated rings. The largest absolute Gasteiger partial charge is 0.264 e. The Morgan fingerprint density at radius 2 is 1.94 bits per heavy atom. The van der Waals surface area contributed by atoms with Crippen LogP contribution in [-0.4, -0.2) is 11.0 Å². The van der Waals surface area contributed by atoms with Crippen LogP contribution in [0.1, 0.15) is 24.3 Å². The molecule has 0 saturated carbocycles. The van der Waals surface area contributed by atoms with Gasteiger partial charge < -0.3 is 0 Å². The van der Waals surface area contributed by atoms with Gasteiger partial charge >= 0.3 is 0 Å². The van der Waals surface area contributed by atoms with Gasteiger partial charge in [-0.2, -0.15) is 0 Å². The Balaban J connectivity index is 2.35. The van der Waals surface area contributed by atoms with Gasteiger partial charge in [0.05, 0.1) is 5.92 Å². The number of rotatable bonds is 2. The Morgan fingerprint density at radius 3 is 2.62 bits per heavy atom. The Kier molecular flexibility index (Phi) is 3.25. The van der Waals surface area contributed by atoms with Crippen molar-refractivity contribution in [3.63, 3.8) is 0 Å². The zero-order chi connectivity index (χ0) is 11.5. The smallest absolute Gasteiger partial charge is 0.223 e. The van der Waals surface area contributed by atoms with Gasteiger partial charge in [0.15, 0.2) is 0 Å². The van der Waals surface area contributed by atoms with Crippen LogP contribution in [0.25, 0.3) is 0 Å². The predicted octanol–water partition coefficient (Wildman–Crippen LogP) is 3.42. The fourth-order valence-electron chi connectivity index (χ4n) is 2.14. The van der Waals surface area contributed by atoms with Gasteiger partial charge in [0.2, 0.25) is 6.04 Å². The summed E-state index contributed by atoms with van der Waals surface area (Å²) in [5, 5.41) is 11.6. The van der Waals surface area contributed by atoms with Gasteiger partial charge in [0.25, 0.3) is 0 Å². The molecule has 1 aromatic rings. The molecule has 0 spiro atoms. The number of benzene rings is 1. The highest BCUT2D eigenvalue weighted by Gasteiger charge is 2.33. The van der Waals surface area contributed by atoms with Crippen LogP contribution in [0, 0.1) is 10.1 Å². The molecule has 1 aliphatic carbocycles. The first-order valence-corrected chi connectivity index (χ1v) is 5.61. The third-order valence-electron chi connectivity index (χ3n) is 2.97. The Labute approximate surface area is 98.9 Å².